The van der Waals surface area contributed by atoms with Crippen LogP contribution in [0.15, 0.2) is 30.5 Å². The molecule has 0 amide bonds. The average molecular weight is 275 g/mol. The molecule has 3 rings (SSSR count). The molecule has 98 valence electrons. The minimum atomic E-state index is -0.0773. The van der Waals surface area contributed by atoms with E-state index in [0.29, 0.717) is 5.88 Å². The van der Waals surface area contributed by atoms with E-state index >= 15 is 0 Å². The SMILES string of the molecule is CSOc1ccc(-c2ccc(F)c3c2CCC3)cn1. The van der Waals surface area contributed by atoms with E-state index in [1.54, 1.807) is 12.3 Å². The maximum absolute atomic E-state index is 13.7. The lowest BCUT2D eigenvalue weighted by Gasteiger charge is -2.09. The van der Waals surface area contributed by atoms with Crippen LogP contribution in [-0.4, -0.2) is 11.2 Å². The maximum Gasteiger partial charge on any atom is 0.227 e. The van der Waals surface area contributed by atoms with E-state index in [1.807, 2.05) is 24.5 Å². The third-order valence-corrected chi connectivity index (χ3v) is 3.78. The fourth-order valence-electron chi connectivity index (χ4n) is 2.61. The molecule has 2 aromatic rings. The molecular formula is C15H14FNOS. The molecule has 0 saturated carbocycles. The van der Waals surface area contributed by atoms with Crippen molar-refractivity contribution in [3.8, 4) is 17.0 Å². The van der Waals surface area contributed by atoms with Crippen LogP contribution >= 0.6 is 12.0 Å². The highest BCUT2D eigenvalue weighted by Crippen LogP contribution is 2.34. The van der Waals surface area contributed by atoms with E-state index in [-0.39, 0.29) is 5.82 Å². The molecular weight excluding hydrogens is 261 g/mol. The number of aromatic nitrogens is 1. The first-order chi connectivity index (χ1) is 9.29. The van der Waals surface area contributed by atoms with Crippen molar-refractivity contribution in [2.45, 2.75) is 19.3 Å². The Morgan fingerprint density at radius 3 is 2.74 bits per heavy atom. The van der Waals surface area contributed by atoms with E-state index < -0.39 is 0 Å². The highest BCUT2D eigenvalue weighted by Gasteiger charge is 2.19. The molecule has 2 nitrogen and oxygen atoms in total. The Morgan fingerprint density at radius 2 is 2.00 bits per heavy atom. The zero-order chi connectivity index (χ0) is 13.2. The Morgan fingerprint density at radius 1 is 1.16 bits per heavy atom. The van der Waals surface area contributed by atoms with E-state index in [0.717, 1.165) is 41.5 Å². The molecule has 4 heteroatoms. The van der Waals surface area contributed by atoms with Crippen molar-refractivity contribution >= 4 is 12.0 Å². The normalized spacial score (nSPS) is 13.4. The number of hydrogen-bond acceptors (Lipinski definition) is 3. The van der Waals surface area contributed by atoms with Gasteiger partial charge in [0, 0.05) is 24.1 Å². The average Bonchev–Trinajstić information content (AvgIpc) is 2.91. The van der Waals surface area contributed by atoms with Crippen molar-refractivity contribution in [1.29, 1.82) is 0 Å². The molecule has 1 heterocycles. The summed E-state index contributed by atoms with van der Waals surface area (Å²) in [4.78, 5) is 4.26. The smallest absolute Gasteiger partial charge is 0.227 e. The monoisotopic (exact) mass is 275 g/mol. The Balaban J connectivity index is 2.01. The Kier molecular flexibility index (Phi) is 3.42. The Labute approximate surface area is 116 Å². The first kappa shape index (κ1) is 12.5. The summed E-state index contributed by atoms with van der Waals surface area (Å²) in [6.45, 7) is 0. The molecule has 0 unspecified atom stereocenters. The third-order valence-electron chi connectivity index (χ3n) is 3.44. The van der Waals surface area contributed by atoms with Crippen LogP contribution in [-0.2, 0) is 12.8 Å². The van der Waals surface area contributed by atoms with Gasteiger partial charge < -0.3 is 4.18 Å². The zero-order valence-electron chi connectivity index (χ0n) is 10.6. The van der Waals surface area contributed by atoms with Crippen molar-refractivity contribution in [3.63, 3.8) is 0 Å². The molecule has 1 aliphatic rings. The molecule has 1 aromatic heterocycles. The van der Waals surface area contributed by atoms with Crippen LogP contribution in [0.5, 0.6) is 5.88 Å². The standard InChI is InChI=1S/C15H14FNOS/c1-19-18-15-8-5-10(9-17-15)11-6-7-14(16)13-4-2-3-12(11)13/h5-9H,2-4H2,1H3. The quantitative estimate of drug-likeness (QED) is 0.789. The van der Waals surface area contributed by atoms with Crippen molar-refractivity contribution < 1.29 is 8.57 Å². The van der Waals surface area contributed by atoms with E-state index in [9.17, 15) is 4.39 Å². The summed E-state index contributed by atoms with van der Waals surface area (Å²) in [5.41, 5.74) is 4.13. The van der Waals surface area contributed by atoms with Gasteiger partial charge in [0.05, 0.1) is 12.0 Å². The number of benzene rings is 1. The van der Waals surface area contributed by atoms with E-state index in [2.05, 4.69) is 4.98 Å². The predicted molar refractivity (Wildman–Crippen MR) is 75.8 cm³/mol. The van der Waals surface area contributed by atoms with Gasteiger partial charge in [-0.1, -0.05) is 6.07 Å². The molecule has 0 aliphatic heterocycles. The van der Waals surface area contributed by atoms with Gasteiger partial charge in [0.2, 0.25) is 5.88 Å². The molecule has 0 bridgehead atoms. The minimum absolute atomic E-state index is 0.0773. The number of fused-ring (bicyclic) bond motifs is 1. The Bertz CT molecular complexity index is 598. The molecule has 0 radical (unpaired) electrons. The minimum Gasteiger partial charge on any atom is -0.406 e. The first-order valence-corrected chi connectivity index (χ1v) is 7.42. The summed E-state index contributed by atoms with van der Waals surface area (Å²) in [7, 11) is 0. The van der Waals surface area contributed by atoms with Crippen molar-refractivity contribution in [2.24, 2.45) is 0 Å². The Hall–Kier alpha value is -1.55. The van der Waals surface area contributed by atoms with Gasteiger partial charge in [-0.15, -0.1) is 0 Å². The number of nitrogens with zero attached hydrogens (tertiary/aromatic N) is 1. The number of pyridine rings is 1. The van der Waals surface area contributed by atoms with Gasteiger partial charge in [0.1, 0.15) is 5.82 Å². The number of hydrogen-bond donors (Lipinski definition) is 0. The second kappa shape index (κ2) is 5.21. The third kappa shape index (κ3) is 2.32. The van der Waals surface area contributed by atoms with Gasteiger partial charge in [0.25, 0.3) is 0 Å². The van der Waals surface area contributed by atoms with Gasteiger partial charge in [-0.25, -0.2) is 9.37 Å². The molecule has 1 aliphatic carbocycles. The molecule has 0 atom stereocenters. The van der Waals surface area contributed by atoms with Gasteiger partial charge in [-0.3, -0.25) is 0 Å². The lowest BCUT2D eigenvalue weighted by atomic mass is 9.98. The lowest BCUT2D eigenvalue weighted by Crippen LogP contribution is -1.93. The summed E-state index contributed by atoms with van der Waals surface area (Å²) in [6.07, 6.45) is 6.46. The van der Waals surface area contributed by atoms with Crippen LogP contribution in [0.2, 0.25) is 0 Å². The van der Waals surface area contributed by atoms with E-state index in [1.165, 1.54) is 12.0 Å². The van der Waals surface area contributed by atoms with E-state index in [4.69, 9.17) is 4.18 Å². The lowest BCUT2D eigenvalue weighted by molar-refractivity contribution is 0.612. The van der Waals surface area contributed by atoms with Crippen LogP contribution in [0.1, 0.15) is 17.5 Å². The second-order valence-electron chi connectivity index (χ2n) is 4.54. The van der Waals surface area contributed by atoms with Crippen molar-refractivity contribution in [1.82, 2.24) is 4.98 Å². The summed E-state index contributed by atoms with van der Waals surface area (Å²) in [5.74, 6) is 0.515. The van der Waals surface area contributed by atoms with Crippen molar-refractivity contribution in [2.75, 3.05) is 6.26 Å². The molecule has 1 aromatic carbocycles. The highest BCUT2D eigenvalue weighted by atomic mass is 32.2. The fraction of sp³-hybridized carbons (Fsp3) is 0.267. The van der Waals surface area contributed by atoms with Crippen LogP contribution < -0.4 is 4.18 Å². The largest absolute Gasteiger partial charge is 0.406 e. The molecule has 0 fully saturated rings. The predicted octanol–water partition coefficient (Wildman–Crippen LogP) is 4.03. The number of halogens is 1. The van der Waals surface area contributed by atoms with Crippen LogP contribution in [0.3, 0.4) is 0 Å². The first-order valence-electron chi connectivity index (χ1n) is 6.27. The maximum atomic E-state index is 13.7. The molecule has 0 saturated heterocycles. The van der Waals surface area contributed by atoms with Crippen LogP contribution in [0.25, 0.3) is 11.1 Å². The molecule has 0 spiro atoms. The van der Waals surface area contributed by atoms with Crippen molar-refractivity contribution in [3.05, 3.63) is 47.4 Å². The molecule has 19 heavy (non-hydrogen) atoms. The van der Waals surface area contributed by atoms with Gasteiger partial charge >= 0.3 is 0 Å². The number of rotatable bonds is 3. The summed E-state index contributed by atoms with van der Waals surface area (Å²) in [5, 5.41) is 0. The molecule has 0 N–H and O–H groups in total. The van der Waals surface area contributed by atoms with Gasteiger partial charge in [-0.05, 0) is 48.1 Å². The summed E-state index contributed by atoms with van der Waals surface area (Å²) < 4.78 is 19.0. The van der Waals surface area contributed by atoms with Crippen LogP contribution in [0, 0.1) is 5.82 Å². The van der Waals surface area contributed by atoms with Gasteiger partial charge in [0.15, 0.2) is 0 Å². The van der Waals surface area contributed by atoms with Crippen LogP contribution in [0.4, 0.5) is 4.39 Å². The summed E-state index contributed by atoms with van der Waals surface area (Å²) >= 11 is 1.27. The fourth-order valence-corrected chi connectivity index (χ4v) is 2.88. The topological polar surface area (TPSA) is 22.1 Å². The second-order valence-corrected chi connectivity index (χ2v) is 5.04. The zero-order valence-corrected chi connectivity index (χ0v) is 11.5. The summed E-state index contributed by atoms with van der Waals surface area (Å²) in [6, 6.07) is 7.23. The van der Waals surface area contributed by atoms with Gasteiger partial charge in [-0.2, -0.15) is 0 Å². The highest BCUT2D eigenvalue weighted by molar-refractivity contribution is 7.94.